The fourth-order valence-electron chi connectivity index (χ4n) is 1.50. The number of hydrogen-bond donors (Lipinski definition) is 1. The van der Waals surface area contributed by atoms with E-state index in [1.54, 1.807) is 0 Å². The normalized spacial score (nSPS) is 27.7. The molecule has 0 spiro atoms. The Morgan fingerprint density at radius 2 is 2.36 bits per heavy atom. The van der Waals surface area contributed by atoms with Gasteiger partial charge >= 0.3 is 0 Å². The van der Waals surface area contributed by atoms with Crippen molar-refractivity contribution in [3.8, 4) is 0 Å². The molecular formula is C8H13N3O2S. The van der Waals surface area contributed by atoms with Crippen molar-refractivity contribution < 1.29 is 8.73 Å². The van der Waals surface area contributed by atoms with E-state index in [2.05, 4.69) is 20.0 Å². The fraction of sp³-hybridized carbons (Fsp3) is 0.750. The Morgan fingerprint density at radius 3 is 3.00 bits per heavy atom. The van der Waals surface area contributed by atoms with Gasteiger partial charge in [-0.1, -0.05) is 5.16 Å². The Hall–Kier alpha value is -0.750. The number of hydrogen-bond acceptors (Lipinski definition) is 5. The first-order chi connectivity index (χ1) is 6.84. The van der Waals surface area contributed by atoms with Crippen LogP contribution in [0.1, 0.15) is 18.7 Å². The molecule has 1 fully saturated rings. The maximum Gasteiger partial charge on any atom is 0.213 e. The SMILES string of the molecule is O=S1CCC(NCc2ncon2)CC1. The third-order valence-electron chi connectivity index (χ3n) is 2.34. The molecule has 1 saturated heterocycles. The molecule has 14 heavy (non-hydrogen) atoms. The third-order valence-corrected chi connectivity index (χ3v) is 3.73. The van der Waals surface area contributed by atoms with E-state index in [-0.39, 0.29) is 0 Å². The van der Waals surface area contributed by atoms with Gasteiger partial charge < -0.3 is 9.84 Å². The molecule has 0 bridgehead atoms. The average Bonchev–Trinajstić information content (AvgIpc) is 2.70. The van der Waals surface area contributed by atoms with Crippen molar-refractivity contribution in [2.24, 2.45) is 0 Å². The van der Waals surface area contributed by atoms with Crippen LogP contribution in [0.2, 0.25) is 0 Å². The largest absolute Gasteiger partial charge is 0.343 e. The van der Waals surface area contributed by atoms with E-state index in [4.69, 9.17) is 0 Å². The molecule has 1 N–H and O–H groups in total. The lowest BCUT2D eigenvalue weighted by Gasteiger charge is -2.21. The van der Waals surface area contributed by atoms with Crippen molar-refractivity contribution in [2.45, 2.75) is 25.4 Å². The Balaban J connectivity index is 1.73. The van der Waals surface area contributed by atoms with Gasteiger partial charge in [0, 0.05) is 28.3 Å². The topological polar surface area (TPSA) is 68.0 Å². The van der Waals surface area contributed by atoms with Crippen LogP contribution in [0.3, 0.4) is 0 Å². The molecule has 1 aliphatic heterocycles. The highest BCUT2D eigenvalue weighted by Gasteiger charge is 2.17. The van der Waals surface area contributed by atoms with E-state index < -0.39 is 10.8 Å². The maximum absolute atomic E-state index is 11.1. The summed E-state index contributed by atoms with van der Waals surface area (Å²) in [5.41, 5.74) is 0. The van der Waals surface area contributed by atoms with Gasteiger partial charge in [0.25, 0.3) is 0 Å². The predicted octanol–water partition coefficient (Wildman–Crippen LogP) is 0.0703. The van der Waals surface area contributed by atoms with Crippen molar-refractivity contribution in [1.82, 2.24) is 15.5 Å². The van der Waals surface area contributed by atoms with Crippen molar-refractivity contribution in [2.75, 3.05) is 11.5 Å². The quantitative estimate of drug-likeness (QED) is 0.772. The zero-order valence-corrected chi connectivity index (χ0v) is 8.63. The zero-order valence-electron chi connectivity index (χ0n) is 7.81. The second kappa shape index (κ2) is 4.65. The van der Waals surface area contributed by atoms with E-state index in [1.807, 2.05) is 0 Å². The average molecular weight is 215 g/mol. The fourth-order valence-corrected chi connectivity index (χ4v) is 2.80. The molecule has 1 aliphatic rings. The van der Waals surface area contributed by atoms with Gasteiger partial charge in [-0.2, -0.15) is 4.98 Å². The van der Waals surface area contributed by atoms with E-state index in [0.717, 1.165) is 24.3 Å². The minimum absolute atomic E-state index is 0.450. The van der Waals surface area contributed by atoms with Gasteiger partial charge in [0.1, 0.15) is 0 Å². The van der Waals surface area contributed by atoms with Crippen LogP contribution in [-0.4, -0.2) is 31.9 Å². The van der Waals surface area contributed by atoms with Gasteiger partial charge in [0.15, 0.2) is 5.82 Å². The first-order valence-corrected chi connectivity index (χ1v) is 6.17. The van der Waals surface area contributed by atoms with E-state index in [0.29, 0.717) is 18.4 Å². The Kier molecular flexibility index (Phi) is 3.26. The monoisotopic (exact) mass is 215 g/mol. The van der Waals surface area contributed by atoms with Gasteiger partial charge in [-0.05, 0) is 12.8 Å². The van der Waals surface area contributed by atoms with Crippen LogP contribution in [0.25, 0.3) is 0 Å². The van der Waals surface area contributed by atoms with Crippen molar-refractivity contribution in [3.05, 3.63) is 12.2 Å². The van der Waals surface area contributed by atoms with Crippen LogP contribution in [-0.2, 0) is 17.3 Å². The van der Waals surface area contributed by atoms with Gasteiger partial charge in [0.05, 0.1) is 6.54 Å². The molecule has 0 radical (unpaired) electrons. The summed E-state index contributed by atoms with van der Waals surface area (Å²) in [6, 6.07) is 0.450. The number of aromatic nitrogens is 2. The first-order valence-electron chi connectivity index (χ1n) is 4.68. The van der Waals surface area contributed by atoms with Crippen molar-refractivity contribution >= 4 is 10.8 Å². The molecule has 78 valence electrons. The molecule has 1 aromatic rings. The predicted molar refractivity (Wildman–Crippen MR) is 52.0 cm³/mol. The standard InChI is InChI=1S/C8H13N3O2S/c12-14-3-1-7(2-4-14)9-5-8-10-6-13-11-8/h6-7,9H,1-5H2. The molecule has 1 aromatic heterocycles. The summed E-state index contributed by atoms with van der Waals surface area (Å²) in [4.78, 5) is 3.92. The second-order valence-corrected chi connectivity index (χ2v) is 5.05. The smallest absolute Gasteiger partial charge is 0.213 e. The molecule has 5 nitrogen and oxygen atoms in total. The molecule has 0 atom stereocenters. The molecule has 0 saturated carbocycles. The van der Waals surface area contributed by atoms with Crippen LogP contribution in [0.15, 0.2) is 10.9 Å². The second-order valence-electron chi connectivity index (χ2n) is 3.35. The summed E-state index contributed by atoms with van der Waals surface area (Å²) >= 11 is 0. The van der Waals surface area contributed by atoms with Gasteiger partial charge in [-0.25, -0.2) is 0 Å². The van der Waals surface area contributed by atoms with Crippen molar-refractivity contribution in [3.63, 3.8) is 0 Å². The summed E-state index contributed by atoms with van der Waals surface area (Å²) in [7, 11) is -0.591. The third kappa shape index (κ3) is 2.62. The number of nitrogens with one attached hydrogen (secondary N) is 1. The molecule has 2 rings (SSSR count). The number of nitrogens with zero attached hydrogens (tertiary/aromatic N) is 2. The lowest BCUT2D eigenvalue weighted by Crippen LogP contribution is -2.35. The summed E-state index contributed by atoms with van der Waals surface area (Å²) in [5.74, 6) is 2.30. The van der Waals surface area contributed by atoms with E-state index in [1.165, 1.54) is 6.39 Å². The highest BCUT2D eigenvalue weighted by Crippen LogP contribution is 2.09. The summed E-state index contributed by atoms with van der Waals surface area (Å²) in [6.07, 6.45) is 3.28. The summed E-state index contributed by atoms with van der Waals surface area (Å²) < 4.78 is 15.7. The van der Waals surface area contributed by atoms with Crippen molar-refractivity contribution in [1.29, 1.82) is 0 Å². The maximum atomic E-state index is 11.1. The lowest BCUT2D eigenvalue weighted by molar-refractivity contribution is 0.400. The number of rotatable bonds is 3. The van der Waals surface area contributed by atoms with Crippen LogP contribution < -0.4 is 5.32 Å². The summed E-state index contributed by atoms with van der Waals surface area (Å²) in [5, 5.41) is 7.03. The summed E-state index contributed by atoms with van der Waals surface area (Å²) in [6.45, 7) is 0.633. The van der Waals surface area contributed by atoms with Crippen LogP contribution >= 0.6 is 0 Å². The van der Waals surface area contributed by atoms with Crippen LogP contribution in [0, 0.1) is 0 Å². The van der Waals surface area contributed by atoms with Gasteiger partial charge in [0.2, 0.25) is 6.39 Å². The Bertz CT molecular complexity index is 292. The highest BCUT2D eigenvalue weighted by molar-refractivity contribution is 7.85. The molecular weight excluding hydrogens is 202 g/mol. The van der Waals surface area contributed by atoms with Gasteiger partial charge in [-0.15, -0.1) is 0 Å². The molecule has 0 unspecified atom stereocenters. The molecule has 0 aromatic carbocycles. The van der Waals surface area contributed by atoms with E-state index >= 15 is 0 Å². The molecule has 6 heteroatoms. The minimum atomic E-state index is -0.591. The first kappa shape index (κ1) is 9.79. The molecule has 0 amide bonds. The van der Waals surface area contributed by atoms with Gasteiger partial charge in [-0.3, -0.25) is 4.21 Å². The Labute approximate surface area is 84.7 Å². The zero-order chi connectivity index (χ0) is 9.80. The minimum Gasteiger partial charge on any atom is -0.343 e. The van der Waals surface area contributed by atoms with Crippen LogP contribution in [0.5, 0.6) is 0 Å². The molecule has 0 aliphatic carbocycles. The highest BCUT2D eigenvalue weighted by atomic mass is 32.2. The van der Waals surface area contributed by atoms with Crippen LogP contribution in [0.4, 0.5) is 0 Å². The lowest BCUT2D eigenvalue weighted by atomic mass is 10.1. The Morgan fingerprint density at radius 1 is 1.57 bits per heavy atom. The molecule has 2 heterocycles. The van der Waals surface area contributed by atoms with E-state index in [9.17, 15) is 4.21 Å².